The number of hydrogen-bond donors (Lipinski definition) is 1. The van der Waals surface area contributed by atoms with E-state index in [9.17, 15) is 18.0 Å². The van der Waals surface area contributed by atoms with Crippen LogP contribution in [0.25, 0.3) is 0 Å². The van der Waals surface area contributed by atoms with Crippen LogP contribution in [-0.4, -0.2) is 18.1 Å². The number of nitrogens with one attached hydrogen (secondary N) is 1. The van der Waals surface area contributed by atoms with E-state index in [0.717, 1.165) is 6.42 Å². The van der Waals surface area contributed by atoms with Crippen molar-refractivity contribution in [3.8, 4) is 0 Å². The van der Waals surface area contributed by atoms with Crippen molar-refractivity contribution in [2.75, 3.05) is 0 Å². The Morgan fingerprint density at radius 1 is 1.42 bits per heavy atom. The minimum absolute atomic E-state index is 0.177. The van der Waals surface area contributed by atoms with Gasteiger partial charge in [-0.3, -0.25) is 4.79 Å². The molecule has 1 fully saturated rings. The third-order valence-corrected chi connectivity index (χ3v) is 2.19. The number of carbonyl (C=O) groups excluding carboxylic acids is 1. The zero-order valence-electron chi connectivity index (χ0n) is 6.61. The van der Waals surface area contributed by atoms with Gasteiger partial charge in [-0.15, -0.1) is 0 Å². The molecule has 0 radical (unpaired) electrons. The zero-order chi connectivity index (χ0) is 9.35. The summed E-state index contributed by atoms with van der Waals surface area (Å²) in [6.07, 6.45) is -3.19. The molecule has 0 heterocycles. The van der Waals surface area contributed by atoms with Crippen LogP contribution in [0.3, 0.4) is 0 Å². The Morgan fingerprint density at radius 2 is 2.00 bits per heavy atom. The van der Waals surface area contributed by atoms with Crippen molar-refractivity contribution in [2.24, 2.45) is 5.92 Å². The lowest BCUT2D eigenvalue weighted by atomic mass is 9.81. The minimum Gasteiger partial charge on any atom is -0.345 e. The molecule has 0 saturated heterocycles. The van der Waals surface area contributed by atoms with Gasteiger partial charge in [-0.05, 0) is 18.8 Å². The van der Waals surface area contributed by atoms with Gasteiger partial charge in [0.15, 0.2) is 0 Å². The third kappa shape index (κ3) is 1.89. The van der Waals surface area contributed by atoms with Crippen LogP contribution in [0.1, 0.15) is 19.8 Å². The largest absolute Gasteiger partial charge is 0.471 e. The van der Waals surface area contributed by atoms with E-state index in [-0.39, 0.29) is 12.0 Å². The first kappa shape index (κ1) is 9.35. The lowest BCUT2D eigenvalue weighted by Gasteiger charge is -2.34. The van der Waals surface area contributed by atoms with Crippen LogP contribution in [0.5, 0.6) is 0 Å². The highest BCUT2D eigenvalue weighted by Crippen LogP contribution is 2.27. The summed E-state index contributed by atoms with van der Waals surface area (Å²) < 4.78 is 35.1. The predicted octanol–water partition coefficient (Wildman–Crippen LogP) is 1.46. The van der Waals surface area contributed by atoms with Crippen molar-refractivity contribution < 1.29 is 18.0 Å². The van der Waals surface area contributed by atoms with E-state index in [1.807, 2.05) is 12.2 Å². The number of amides is 1. The fraction of sp³-hybridized carbons (Fsp3) is 0.857. The van der Waals surface area contributed by atoms with Gasteiger partial charge in [-0.2, -0.15) is 13.2 Å². The van der Waals surface area contributed by atoms with Gasteiger partial charge in [0, 0.05) is 6.04 Å². The van der Waals surface area contributed by atoms with Crippen molar-refractivity contribution >= 4 is 5.91 Å². The number of alkyl halides is 3. The minimum atomic E-state index is -4.74. The SMILES string of the molecule is CC1CCC1NC(=O)C(F)(F)F. The standard InChI is InChI=1S/C7H10F3NO/c1-4-2-3-5(4)11-6(12)7(8,9)10/h4-5H,2-3H2,1H3,(H,11,12). The first-order valence-corrected chi connectivity index (χ1v) is 3.79. The summed E-state index contributed by atoms with van der Waals surface area (Å²) in [7, 11) is 0. The number of hydrogen-bond acceptors (Lipinski definition) is 1. The molecule has 1 saturated carbocycles. The van der Waals surface area contributed by atoms with Gasteiger partial charge in [0.2, 0.25) is 0 Å². The molecule has 1 N–H and O–H groups in total. The van der Waals surface area contributed by atoms with Crippen molar-refractivity contribution in [1.29, 1.82) is 0 Å². The molecule has 1 aliphatic carbocycles. The fourth-order valence-corrected chi connectivity index (χ4v) is 1.13. The van der Waals surface area contributed by atoms with Crippen molar-refractivity contribution in [3.63, 3.8) is 0 Å². The Labute approximate surface area is 68.1 Å². The van der Waals surface area contributed by atoms with E-state index in [1.54, 1.807) is 0 Å². The molecule has 2 unspecified atom stereocenters. The maximum Gasteiger partial charge on any atom is 0.471 e. The third-order valence-electron chi connectivity index (χ3n) is 2.19. The molecule has 2 nitrogen and oxygen atoms in total. The van der Waals surface area contributed by atoms with Gasteiger partial charge in [0.05, 0.1) is 0 Å². The summed E-state index contributed by atoms with van der Waals surface area (Å²) in [6.45, 7) is 1.82. The molecular formula is C7H10F3NO. The van der Waals surface area contributed by atoms with Gasteiger partial charge in [-0.1, -0.05) is 6.92 Å². The Balaban J connectivity index is 2.36. The maximum absolute atomic E-state index is 11.7. The molecule has 2 atom stereocenters. The van der Waals surface area contributed by atoms with Gasteiger partial charge in [0.1, 0.15) is 0 Å². The molecule has 0 aromatic rings. The van der Waals surface area contributed by atoms with Crippen LogP contribution >= 0.6 is 0 Å². The van der Waals surface area contributed by atoms with Crippen molar-refractivity contribution in [3.05, 3.63) is 0 Å². The molecule has 1 rings (SSSR count). The molecule has 0 aliphatic heterocycles. The lowest BCUT2D eigenvalue weighted by Crippen LogP contribution is -2.50. The van der Waals surface area contributed by atoms with Crippen LogP contribution in [0.15, 0.2) is 0 Å². The molecule has 5 heteroatoms. The van der Waals surface area contributed by atoms with Gasteiger partial charge < -0.3 is 5.32 Å². The summed E-state index contributed by atoms with van der Waals surface area (Å²) in [5.41, 5.74) is 0. The highest BCUT2D eigenvalue weighted by Gasteiger charge is 2.41. The second-order valence-electron chi connectivity index (χ2n) is 3.13. The molecule has 12 heavy (non-hydrogen) atoms. The number of carbonyl (C=O) groups is 1. The second-order valence-corrected chi connectivity index (χ2v) is 3.13. The predicted molar refractivity (Wildman–Crippen MR) is 36.4 cm³/mol. The molecule has 0 aromatic heterocycles. The van der Waals surface area contributed by atoms with E-state index in [2.05, 4.69) is 0 Å². The van der Waals surface area contributed by atoms with E-state index < -0.39 is 12.1 Å². The molecule has 0 spiro atoms. The summed E-state index contributed by atoms with van der Waals surface area (Å²) in [4.78, 5) is 10.4. The maximum atomic E-state index is 11.7. The van der Waals surface area contributed by atoms with Crippen molar-refractivity contribution in [1.82, 2.24) is 5.32 Å². The Hall–Kier alpha value is -0.740. The van der Waals surface area contributed by atoms with Gasteiger partial charge in [0.25, 0.3) is 0 Å². The van der Waals surface area contributed by atoms with Crippen LogP contribution in [-0.2, 0) is 4.79 Å². The lowest BCUT2D eigenvalue weighted by molar-refractivity contribution is -0.175. The normalized spacial score (nSPS) is 29.3. The van der Waals surface area contributed by atoms with Crippen LogP contribution in [0, 0.1) is 5.92 Å². The molecule has 0 bridgehead atoms. The fourth-order valence-electron chi connectivity index (χ4n) is 1.13. The molecule has 70 valence electrons. The topological polar surface area (TPSA) is 29.1 Å². The average Bonchev–Trinajstić information content (AvgIpc) is 1.95. The van der Waals surface area contributed by atoms with E-state index in [1.165, 1.54) is 0 Å². The van der Waals surface area contributed by atoms with Crippen molar-refractivity contribution in [2.45, 2.75) is 32.0 Å². The smallest absolute Gasteiger partial charge is 0.345 e. The van der Waals surface area contributed by atoms with Gasteiger partial charge in [-0.25, -0.2) is 0 Å². The number of halogens is 3. The average molecular weight is 181 g/mol. The quantitative estimate of drug-likeness (QED) is 0.652. The molecule has 1 aliphatic rings. The van der Waals surface area contributed by atoms with Crippen LogP contribution < -0.4 is 5.32 Å². The Kier molecular flexibility index (Phi) is 2.30. The zero-order valence-corrected chi connectivity index (χ0v) is 6.61. The summed E-state index contributed by atoms with van der Waals surface area (Å²) >= 11 is 0. The molecular weight excluding hydrogens is 171 g/mol. The second kappa shape index (κ2) is 2.95. The highest BCUT2D eigenvalue weighted by atomic mass is 19.4. The highest BCUT2D eigenvalue weighted by molar-refractivity contribution is 5.82. The van der Waals surface area contributed by atoms with Crippen LogP contribution in [0.4, 0.5) is 13.2 Å². The summed E-state index contributed by atoms with van der Waals surface area (Å²) in [5, 5.41) is 1.94. The van der Waals surface area contributed by atoms with Crippen LogP contribution in [0.2, 0.25) is 0 Å². The molecule has 1 amide bonds. The first-order chi connectivity index (χ1) is 5.41. The first-order valence-electron chi connectivity index (χ1n) is 3.79. The van der Waals surface area contributed by atoms with E-state index >= 15 is 0 Å². The Bertz CT molecular complexity index is 190. The molecule has 0 aromatic carbocycles. The van der Waals surface area contributed by atoms with E-state index in [4.69, 9.17) is 0 Å². The summed E-state index contributed by atoms with van der Waals surface area (Å²) in [5.74, 6) is -1.64. The van der Waals surface area contributed by atoms with Gasteiger partial charge >= 0.3 is 12.1 Å². The van der Waals surface area contributed by atoms with E-state index in [0.29, 0.717) is 6.42 Å². The summed E-state index contributed by atoms with van der Waals surface area (Å²) in [6, 6.07) is -0.279. The Morgan fingerprint density at radius 3 is 2.25 bits per heavy atom. The number of rotatable bonds is 1. The monoisotopic (exact) mass is 181 g/mol.